The van der Waals surface area contributed by atoms with Crippen LogP contribution >= 0.6 is 24.0 Å². The second-order valence-electron chi connectivity index (χ2n) is 4.58. The summed E-state index contributed by atoms with van der Waals surface area (Å²) in [6.07, 6.45) is 2.45. The molecular formula is C12H17Cl2FN2O2S. The lowest BCUT2D eigenvalue weighted by Crippen LogP contribution is -2.47. The number of rotatable bonds is 3. The molecule has 4 nitrogen and oxygen atoms in total. The lowest BCUT2D eigenvalue weighted by molar-refractivity contribution is 0.257. The van der Waals surface area contributed by atoms with Gasteiger partial charge in [0, 0.05) is 19.1 Å². The van der Waals surface area contributed by atoms with Crippen molar-refractivity contribution in [2.75, 3.05) is 13.1 Å². The molecule has 2 rings (SSSR count). The molecule has 1 unspecified atom stereocenters. The van der Waals surface area contributed by atoms with E-state index < -0.39 is 15.8 Å². The molecule has 8 heteroatoms. The van der Waals surface area contributed by atoms with Crippen LogP contribution in [0.25, 0.3) is 0 Å². The molecule has 2 N–H and O–H groups in total. The van der Waals surface area contributed by atoms with Gasteiger partial charge in [-0.05, 0) is 31.0 Å². The van der Waals surface area contributed by atoms with E-state index in [0.717, 1.165) is 31.4 Å². The average molecular weight is 343 g/mol. The molecular weight excluding hydrogens is 326 g/mol. The molecule has 1 aliphatic rings. The first-order chi connectivity index (χ1) is 8.96. The fourth-order valence-electron chi connectivity index (χ4n) is 2.33. The van der Waals surface area contributed by atoms with Crippen LogP contribution in [-0.2, 0) is 10.0 Å². The van der Waals surface area contributed by atoms with Crippen LogP contribution in [0, 0.1) is 5.82 Å². The molecule has 0 aliphatic carbocycles. The number of hydrogen-bond donors (Lipinski definition) is 1. The molecule has 0 spiro atoms. The van der Waals surface area contributed by atoms with Gasteiger partial charge in [-0.3, -0.25) is 0 Å². The summed E-state index contributed by atoms with van der Waals surface area (Å²) < 4.78 is 39.7. The van der Waals surface area contributed by atoms with Gasteiger partial charge in [-0.1, -0.05) is 18.0 Å². The van der Waals surface area contributed by atoms with Crippen molar-refractivity contribution in [3.05, 3.63) is 29.0 Å². The summed E-state index contributed by atoms with van der Waals surface area (Å²) in [5.41, 5.74) is 5.62. The third-order valence-corrected chi connectivity index (χ3v) is 5.76. The fourth-order valence-corrected chi connectivity index (χ4v) is 4.52. The number of piperidine rings is 1. The molecule has 0 saturated carbocycles. The first kappa shape index (κ1) is 17.7. The number of nitrogens with zero attached hydrogens (tertiary/aromatic N) is 1. The zero-order valence-corrected chi connectivity index (χ0v) is 13.1. The smallest absolute Gasteiger partial charge is 0.244 e. The van der Waals surface area contributed by atoms with Crippen molar-refractivity contribution in [1.29, 1.82) is 0 Å². The summed E-state index contributed by atoms with van der Waals surface area (Å²) in [6, 6.07) is 3.11. The molecule has 114 valence electrons. The molecule has 0 radical (unpaired) electrons. The van der Waals surface area contributed by atoms with E-state index in [9.17, 15) is 12.8 Å². The monoisotopic (exact) mass is 342 g/mol. The molecule has 0 amide bonds. The van der Waals surface area contributed by atoms with Crippen LogP contribution in [0.1, 0.15) is 19.3 Å². The largest absolute Gasteiger partial charge is 0.329 e. The Labute approximate surface area is 129 Å². The predicted molar refractivity (Wildman–Crippen MR) is 79.2 cm³/mol. The maximum atomic E-state index is 13.3. The van der Waals surface area contributed by atoms with E-state index in [4.69, 9.17) is 17.3 Å². The van der Waals surface area contributed by atoms with E-state index in [1.807, 2.05) is 0 Å². The van der Waals surface area contributed by atoms with Crippen LogP contribution in [0.5, 0.6) is 0 Å². The van der Waals surface area contributed by atoms with E-state index in [1.165, 1.54) is 10.4 Å². The second-order valence-corrected chi connectivity index (χ2v) is 6.84. The minimum Gasteiger partial charge on any atom is -0.329 e. The summed E-state index contributed by atoms with van der Waals surface area (Å²) in [5.74, 6) is -0.621. The van der Waals surface area contributed by atoms with Crippen LogP contribution in [0.2, 0.25) is 5.02 Å². The Bertz CT molecular complexity index is 569. The third-order valence-electron chi connectivity index (χ3n) is 3.33. The normalized spacial score (nSPS) is 20.4. The van der Waals surface area contributed by atoms with Gasteiger partial charge in [0.05, 0.1) is 5.02 Å². The Kier molecular flexibility index (Phi) is 6.22. The zero-order valence-electron chi connectivity index (χ0n) is 10.8. The number of sulfonamides is 1. The number of nitrogens with two attached hydrogens (primary N) is 1. The highest BCUT2D eigenvalue weighted by atomic mass is 35.5. The summed E-state index contributed by atoms with van der Waals surface area (Å²) in [5, 5.41) is 0.0303. The third kappa shape index (κ3) is 3.43. The minimum absolute atomic E-state index is 0. The fraction of sp³-hybridized carbons (Fsp3) is 0.500. The van der Waals surface area contributed by atoms with Gasteiger partial charge in [-0.2, -0.15) is 4.31 Å². The van der Waals surface area contributed by atoms with Crippen molar-refractivity contribution in [3.63, 3.8) is 0 Å². The van der Waals surface area contributed by atoms with Gasteiger partial charge in [-0.15, -0.1) is 12.4 Å². The van der Waals surface area contributed by atoms with E-state index in [2.05, 4.69) is 0 Å². The summed E-state index contributed by atoms with van der Waals surface area (Å²) in [7, 11) is -3.80. The molecule has 1 aromatic carbocycles. The molecule has 1 saturated heterocycles. The molecule has 0 aromatic heterocycles. The standard InChI is InChI=1S/C12H16ClFN2O2S.ClH/c13-11-5-4-9(14)7-12(11)19(17,18)16-6-2-1-3-10(16)8-15;/h4-5,7,10H,1-3,6,8,15H2;1H. The lowest BCUT2D eigenvalue weighted by Gasteiger charge is -2.34. The van der Waals surface area contributed by atoms with Crippen molar-refractivity contribution >= 4 is 34.0 Å². The molecule has 20 heavy (non-hydrogen) atoms. The van der Waals surface area contributed by atoms with Crippen molar-refractivity contribution < 1.29 is 12.8 Å². The second kappa shape index (κ2) is 7.04. The topological polar surface area (TPSA) is 63.4 Å². The Hall–Kier alpha value is -0.400. The first-order valence-corrected chi connectivity index (χ1v) is 7.95. The SMILES string of the molecule is Cl.NCC1CCCCN1S(=O)(=O)c1cc(F)ccc1Cl. The highest BCUT2D eigenvalue weighted by Gasteiger charge is 2.34. The Morgan fingerprint density at radius 2 is 2.10 bits per heavy atom. The number of hydrogen-bond acceptors (Lipinski definition) is 3. The predicted octanol–water partition coefficient (Wildman–Crippen LogP) is 2.40. The van der Waals surface area contributed by atoms with Crippen molar-refractivity contribution in [3.8, 4) is 0 Å². The maximum Gasteiger partial charge on any atom is 0.244 e. The van der Waals surface area contributed by atoms with Crippen molar-refractivity contribution in [1.82, 2.24) is 4.31 Å². The van der Waals surface area contributed by atoms with E-state index in [0.29, 0.717) is 6.54 Å². The minimum atomic E-state index is -3.80. The summed E-state index contributed by atoms with van der Waals surface area (Å²) in [6.45, 7) is 0.656. The average Bonchev–Trinajstić information content (AvgIpc) is 2.41. The van der Waals surface area contributed by atoms with Gasteiger partial charge in [0.1, 0.15) is 10.7 Å². The Morgan fingerprint density at radius 1 is 1.40 bits per heavy atom. The molecule has 1 aliphatic heterocycles. The van der Waals surface area contributed by atoms with Crippen LogP contribution in [0.3, 0.4) is 0 Å². The van der Waals surface area contributed by atoms with E-state index >= 15 is 0 Å². The van der Waals surface area contributed by atoms with Gasteiger partial charge < -0.3 is 5.73 Å². The van der Waals surface area contributed by atoms with Gasteiger partial charge in [-0.25, -0.2) is 12.8 Å². The Morgan fingerprint density at radius 3 is 2.75 bits per heavy atom. The van der Waals surface area contributed by atoms with E-state index in [1.54, 1.807) is 0 Å². The molecule has 1 aromatic rings. The zero-order chi connectivity index (χ0) is 14.0. The van der Waals surface area contributed by atoms with Gasteiger partial charge in [0.15, 0.2) is 0 Å². The molecule has 1 atom stereocenters. The van der Waals surface area contributed by atoms with Gasteiger partial charge in [0.2, 0.25) is 10.0 Å². The quantitative estimate of drug-likeness (QED) is 0.917. The molecule has 1 heterocycles. The van der Waals surface area contributed by atoms with Gasteiger partial charge >= 0.3 is 0 Å². The number of halogens is 3. The molecule has 0 bridgehead atoms. The lowest BCUT2D eigenvalue weighted by atomic mass is 10.1. The maximum absolute atomic E-state index is 13.3. The highest BCUT2D eigenvalue weighted by molar-refractivity contribution is 7.89. The molecule has 1 fully saturated rings. The highest BCUT2D eigenvalue weighted by Crippen LogP contribution is 2.29. The summed E-state index contributed by atoms with van der Waals surface area (Å²) in [4.78, 5) is -0.186. The van der Waals surface area contributed by atoms with Crippen molar-refractivity contribution in [2.24, 2.45) is 5.73 Å². The van der Waals surface area contributed by atoms with Crippen LogP contribution in [0.15, 0.2) is 23.1 Å². The van der Waals surface area contributed by atoms with Crippen molar-refractivity contribution in [2.45, 2.75) is 30.2 Å². The summed E-state index contributed by atoms with van der Waals surface area (Å²) >= 11 is 5.89. The Balaban J connectivity index is 0.00000200. The van der Waals surface area contributed by atoms with Crippen LogP contribution in [0.4, 0.5) is 4.39 Å². The van der Waals surface area contributed by atoms with Crippen LogP contribution in [-0.4, -0.2) is 31.9 Å². The van der Waals surface area contributed by atoms with Crippen LogP contribution < -0.4 is 5.73 Å². The first-order valence-electron chi connectivity index (χ1n) is 6.14. The van der Waals surface area contributed by atoms with E-state index in [-0.39, 0.29) is 34.9 Å². The van der Waals surface area contributed by atoms with Gasteiger partial charge in [0.25, 0.3) is 0 Å². The number of benzene rings is 1.